The first kappa shape index (κ1) is 64.6. The molecule has 0 radical (unpaired) electrons. The van der Waals surface area contributed by atoms with Gasteiger partial charge in [0.1, 0.15) is 0 Å². The van der Waals surface area contributed by atoms with Gasteiger partial charge in [0.05, 0.1) is 0 Å². The van der Waals surface area contributed by atoms with Gasteiger partial charge in [-0.2, -0.15) is 0 Å². The molecule has 2 aliphatic heterocycles. The van der Waals surface area contributed by atoms with Gasteiger partial charge in [0.25, 0.3) is 6.71 Å². The Balaban J connectivity index is 0.970. The Labute approximate surface area is 626 Å². The number of hydrogen-bond acceptors (Lipinski definition) is 5. The molecule has 0 saturated carbocycles. The van der Waals surface area contributed by atoms with E-state index in [4.69, 9.17) is 15.0 Å². The molecule has 0 bridgehead atoms. The molecule has 18 aromatic rings. The highest BCUT2D eigenvalue weighted by atomic mass is 15.2. The molecule has 17 aromatic carbocycles. The Morgan fingerprint density at radius 2 is 0.505 bits per heavy atom. The lowest BCUT2D eigenvalue weighted by Gasteiger charge is -2.45. The fourth-order valence-corrected chi connectivity index (χ4v) is 18.0. The van der Waals surface area contributed by atoms with Crippen LogP contribution in [0.5, 0.6) is 0 Å². The molecule has 0 saturated heterocycles. The summed E-state index contributed by atoms with van der Waals surface area (Å²) < 4.78 is 0. The average Bonchev–Trinajstić information content (AvgIpc) is 0.671. The number of aromatic nitrogens is 3. The molecule has 0 unspecified atom stereocenters. The van der Waals surface area contributed by atoms with Gasteiger partial charge in [-0.3, -0.25) is 0 Å². The van der Waals surface area contributed by atoms with Crippen LogP contribution >= 0.6 is 0 Å². The van der Waals surface area contributed by atoms with Crippen molar-refractivity contribution >= 4 is 143 Å². The zero-order chi connectivity index (χ0) is 72.9. The Morgan fingerprint density at radius 1 is 0.224 bits per heavy atom. The molecule has 5 nitrogen and oxygen atoms in total. The van der Waals surface area contributed by atoms with Crippen LogP contribution in [0.2, 0.25) is 0 Å². The quantitative estimate of drug-likeness (QED) is 0.0904. The lowest BCUT2D eigenvalue weighted by Crippen LogP contribution is -2.61. The summed E-state index contributed by atoms with van der Waals surface area (Å²) >= 11 is 0. The first-order chi connectivity index (χ1) is 51.6. The average molecular weight is 1380 g/mol. The summed E-state index contributed by atoms with van der Waals surface area (Å²) in [6.07, 6.45) is 0. The Hall–Kier alpha value is -12.0. The second kappa shape index (κ2) is 23.3. The van der Waals surface area contributed by atoms with Gasteiger partial charge in [-0.05, 0) is 242 Å². The highest BCUT2D eigenvalue weighted by molar-refractivity contribution is 7.03. The van der Waals surface area contributed by atoms with E-state index in [-0.39, 0.29) is 28.4 Å². The highest BCUT2D eigenvalue weighted by Gasteiger charge is 2.47. The van der Waals surface area contributed by atoms with Crippen LogP contribution in [0, 0.1) is 0 Å². The first-order valence-corrected chi connectivity index (χ1v) is 38.0. The molecule has 107 heavy (non-hydrogen) atoms. The molecule has 0 fully saturated rings. The van der Waals surface area contributed by atoms with E-state index >= 15 is 0 Å². The number of nitrogens with zero attached hydrogens (tertiary/aromatic N) is 5. The topological polar surface area (TPSA) is 45.2 Å². The molecule has 0 spiro atoms. The molecule has 0 N–H and O–H groups in total. The predicted octanol–water partition coefficient (Wildman–Crippen LogP) is 25.6. The van der Waals surface area contributed by atoms with Crippen molar-refractivity contribution in [3.05, 3.63) is 301 Å². The van der Waals surface area contributed by atoms with Gasteiger partial charge in [0.2, 0.25) is 0 Å². The first-order valence-electron chi connectivity index (χ1n) is 38.0. The predicted molar refractivity (Wildman–Crippen MR) is 458 cm³/mol. The zero-order valence-corrected chi connectivity index (χ0v) is 62.9. The molecule has 3 heterocycles. The van der Waals surface area contributed by atoms with Crippen LogP contribution in [0.1, 0.15) is 105 Å². The minimum absolute atomic E-state index is 0.171. The molecule has 0 atom stereocenters. The normalized spacial score (nSPS) is 13.4. The van der Waals surface area contributed by atoms with Crippen molar-refractivity contribution in [2.45, 2.75) is 105 Å². The van der Waals surface area contributed by atoms with E-state index in [1.807, 2.05) is 0 Å². The summed E-state index contributed by atoms with van der Waals surface area (Å²) in [7, 11) is 0. The SMILES string of the molecule is CC(C)(C)c1cc(-c2nc(-c3cc(C(C)(C)C)cc(C(C)(C)C)c3)nc(-c3cc4c5c(c3)N(c3ccc(-c6ccccc6)cc3)c3cc6c7cccc8cccc(c9cccc(c3B5c3c(cc5c%10cccc%11cccc(c%12cccc3c%125)c%11%10)N4c3ccc(-c4ccccc4)cc3)c96)c87)n2)cc(C(C)(C)C)c1. The number of hydrogen-bond donors (Lipinski definition) is 0. The number of benzene rings is 17. The second-order valence-corrected chi connectivity index (χ2v) is 34.4. The fraction of sp³-hybridized carbons (Fsp3) is 0.158. The van der Waals surface area contributed by atoms with Crippen LogP contribution in [-0.4, -0.2) is 21.7 Å². The zero-order valence-electron chi connectivity index (χ0n) is 62.9. The van der Waals surface area contributed by atoms with Gasteiger partial charge in [-0.25, -0.2) is 15.0 Å². The lowest BCUT2D eigenvalue weighted by molar-refractivity contribution is 0.568. The third-order valence-electron chi connectivity index (χ3n) is 23.5. The summed E-state index contributed by atoms with van der Waals surface area (Å²) in [4.78, 5) is 22.8. The molecular formula is C101H82BN5. The molecule has 2 aliphatic rings. The van der Waals surface area contributed by atoms with Crippen LogP contribution in [0.25, 0.3) is 143 Å². The van der Waals surface area contributed by atoms with Gasteiger partial charge in [0.15, 0.2) is 17.5 Å². The van der Waals surface area contributed by atoms with Crippen LogP contribution in [0.3, 0.4) is 0 Å². The van der Waals surface area contributed by atoms with Crippen molar-refractivity contribution < 1.29 is 0 Å². The third-order valence-corrected chi connectivity index (χ3v) is 23.5. The van der Waals surface area contributed by atoms with E-state index in [0.29, 0.717) is 17.5 Å². The fourth-order valence-electron chi connectivity index (χ4n) is 18.0. The second-order valence-electron chi connectivity index (χ2n) is 34.4. The Bertz CT molecular complexity index is 6230. The highest BCUT2D eigenvalue weighted by Crippen LogP contribution is 2.53. The molecule has 0 amide bonds. The van der Waals surface area contributed by atoms with Gasteiger partial charge < -0.3 is 9.80 Å². The maximum absolute atomic E-state index is 5.92. The Kier molecular flexibility index (Phi) is 14.0. The minimum atomic E-state index is -0.301. The standard InChI is InChI=1S/C101H82BN5/c1-98(2,3)68-49-65(50-69(55-68)99(4,5)6)95-103-96(66-51-70(100(7,8)9)56-71(52-66)101(10,11)12)105-97(104-95)67-53-84-94-85(54-67)107(73-47-43-62(44-48-73)60-27-17-14-18-28-60)87-58-83-79-36-22-32-64-30-20-34-75(89(64)79)77-38-24-40-81(91(77)83)93(87)102(94)92-80-39-23-37-76-74-33-19-29-63-31-21-35-78(88(63)74)82(90(76)80)57-86(92)106(84)72-45-41-61(42-46-72)59-25-15-13-16-26-59/h13-58H,1-12H3. The maximum atomic E-state index is 5.92. The summed E-state index contributed by atoms with van der Waals surface area (Å²) in [6, 6.07) is 106. The molecule has 514 valence electrons. The number of fused-ring (bicyclic) bond motifs is 10. The maximum Gasteiger partial charge on any atom is 0.253 e. The largest absolute Gasteiger partial charge is 0.311 e. The molecule has 1 aromatic heterocycles. The molecule has 6 heteroatoms. The van der Waals surface area contributed by atoms with Crippen LogP contribution in [0.4, 0.5) is 34.1 Å². The Morgan fingerprint density at radius 3 is 0.841 bits per heavy atom. The van der Waals surface area contributed by atoms with E-state index < -0.39 is 0 Å². The summed E-state index contributed by atoms with van der Waals surface area (Å²) in [5, 5.41) is 20.1. The summed E-state index contributed by atoms with van der Waals surface area (Å²) in [6.45, 7) is 27.4. The van der Waals surface area contributed by atoms with Gasteiger partial charge in [-0.1, -0.05) is 289 Å². The van der Waals surface area contributed by atoms with E-state index in [1.54, 1.807) is 0 Å². The van der Waals surface area contributed by atoms with Crippen molar-refractivity contribution in [2.75, 3.05) is 9.80 Å². The van der Waals surface area contributed by atoms with E-state index in [1.165, 1.54) is 136 Å². The number of anilines is 6. The van der Waals surface area contributed by atoms with Crippen LogP contribution in [-0.2, 0) is 21.7 Å². The summed E-state index contributed by atoms with van der Waals surface area (Å²) in [5.41, 5.74) is 21.9. The van der Waals surface area contributed by atoms with E-state index in [9.17, 15) is 0 Å². The summed E-state index contributed by atoms with van der Waals surface area (Å²) in [5.74, 6) is 1.86. The van der Waals surface area contributed by atoms with Crippen LogP contribution < -0.4 is 26.2 Å². The van der Waals surface area contributed by atoms with Crippen LogP contribution in [0.15, 0.2) is 279 Å². The third kappa shape index (κ3) is 10.2. The van der Waals surface area contributed by atoms with Gasteiger partial charge in [-0.15, -0.1) is 0 Å². The monoisotopic (exact) mass is 1380 g/mol. The van der Waals surface area contributed by atoms with Crippen molar-refractivity contribution in [3.8, 4) is 56.4 Å². The van der Waals surface area contributed by atoms with E-state index in [0.717, 1.165) is 61.9 Å². The number of rotatable bonds is 7. The van der Waals surface area contributed by atoms with Crippen molar-refractivity contribution in [3.63, 3.8) is 0 Å². The molecule has 0 aliphatic carbocycles. The van der Waals surface area contributed by atoms with Crippen molar-refractivity contribution in [2.24, 2.45) is 0 Å². The van der Waals surface area contributed by atoms with Gasteiger partial charge in [0, 0.05) is 50.8 Å². The van der Waals surface area contributed by atoms with Crippen molar-refractivity contribution in [1.29, 1.82) is 0 Å². The van der Waals surface area contributed by atoms with Gasteiger partial charge >= 0.3 is 0 Å². The van der Waals surface area contributed by atoms with E-state index in [2.05, 4.69) is 372 Å². The lowest BCUT2D eigenvalue weighted by atomic mass is 9.32. The smallest absolute Gasteiger partial charge is 0.253 e. The molecular weight excluding hydrogens is 1290 g/mol. The minimum Gasteiger partial charge on any atom is -0.311 e. The van der Waals surface area contributed by atoms with Crippen molar-refractivity contribution in [1.82, 2.24) is 15.0 Å². The molecule has 20 rings (SSSR count).